The molecular weight excluding hydrogens is 332 g/mol. The van der Waals surface area contributed by atoms with E-state index in [0.29, 0.717) is 47.6 Å². The van der Waals surface area contributed by atoms with Crippen molar-refractivity contribution in [2.24, 2.45) is 11.8 Å². The van der Waals surface area contributed by atoms with Crippen molar-refractivity contribution in [3.05, 3.63) is 59.1 Å². The first-order valence-electron chi connectivity index (χ1n) is 9.05. The Morgan fingerprint density at radius 1 is 1.42 bits per heavy atom. The fourth-order valence-electron chi connectivity index (χ4n) is 4.79. The minimum absolute atomic E-state index is 0.223. The first kappa shape index (κ1) is 17.3. The maximum atomic E-state index is 13.4. The van der Waals surface area contributed by atoms with Gasteiger partial charge >= 0.3 is 0 Å². The highest BCUT2D eigenvalue weighted by atomic mass is 16.6. The normalized spacial score (nSPS) is 31.7. The standard InChI is InChI=1S/C20H24N2O4/c1-3-13-12-22(25)9-7-14(13)10-19(22)20(23)16-6-8-21(24)18-5-4-15(26-2)11-17(16)18/h3-6,8,11,13-14,19-20,23H,1,7,9-10,12H2,2H3/t13-,14-,19+,20-,22+/m0/s1. The van der Waals surface area contributed by atoms with Crippen molar-refractivity contribution in [1.29, 1.82) is 0 Å². The van der Waals surface area contributed by atoms with Crippen molar-refractivity contribution in [3.8, 4) is 5.75 Å². The Balaban J connectivity index is 1.76. The molecular formula is C20H24N2O4. The summed E-state index contributed by atoms with van der Waals surface area (Å²) in [6, 6.07) is 6.36. The van der Waals surface area contributed by atoms with Gasteiger partial charge < -0.3 is 24.9 Å². The maximum Gasteiger partial charge on any atom is 0.224 e. The van der Waals surface area contributed by atoms with E-state index in [9.17, 15) is 15.5 Å². The van der Waals surface area contributed by atoms with Gasteiger partial charge in [-0.2, -0.15) is 4.73 Å². The van der Waals surface area contributed by atoms with Crippen LogP contribution in [-0.2, 0) is 0 Å². The van der Waals surface area contributed by atoms with Crippen molar-refractivity contribution in [2.75, 3.05) is 20.2 Å². The zero-order valence-electron chi connectivity index (χ0n) is 14.9. The Bertz CT molecular complexity index is 855. The largest absolute Gasteiger partial charge is 0.632 e. The molecule has 5 atom stereocenters. The minimum Gasteiger partial charge on any atom is -0.632 e. The van der Waals surface area contributed by atoms with Crippen molar-refractivity contribution in [3.63, 3.8) is 0 Å². The van der Waals surface area contributed by atoms with Crippen LogP contribution in [-0.4, -0.2) is 36.0 Å². The lowest BCUT2D eigenvalue weighted by Crippen LogP contribution is -2.65. The molecule has 6 nitrogen and oxygen atoms in total. The molecule has 0 aliphatic carbocycles. The second kappa shape index (κ2) is 6.23. The number of fused-ring (bicyclic) bond motifs is 4. The highest BCUT2D eigenvalue weighted by Crippen LogP contribution is 2.46. The smallest absolute Gasteiger partial charge is 0.224 e. The molecule has 4 heterocycles. The maximum absolute atomic E-state index is 13.4. The Morgan fingerprint density at radius 2 is 2.23 bits per heavy atom. The third kappa shape index (κ3) is 2.57. The number of hydrogen-bond donors (Lipinski definition) is 1. The molecule has 138 valence electrons. The van der Waals surface area contributed by atoms with E-state index in [2.05, 4.69) is 6.58 Å². The summed E-state index contributed by atoms with van der Waals surface area (Å²) in [5, 5.41) is 37.3. The lowest BCUT2D eigenvalue weighted by atomic mass is 9.73. The Morgan fingerprint density at radius 3 is 2.92 bits per heavy atom. The van der Waals surface area contributed by atoms with Crippen LogP contribution >= 0.6 is 0 Å². The SMILES string of the molecule is C=C[C@H]1C[N@+]2([O-])CC[C@H]1C[C@@H]2[C@@H](O)c1cc[n+]([O-])c2ccc(OC)cc12. The van der Waals surface area contributed by atoms with E-state index in [1.165, 1.54) is 6.20 Å². The van der Waals surface area contributed by atoms with Gasteiger partial charge in [-0.1, -0.05) is 6.08 Å². The average molecular weight is 356 g/mol. The van der Waals surface area contributed by atoms with Crippen molar-refractivity contribution < 1.29 is 19.2 Å². The first-order valence-corrected chi connectivity index (χ1v) is 9.05. The first-order chi connectivity index (χ1) is 12.5. The number of hydroxylamine groups is 3. The number of aromatic nitrogens is 1. The lowest BCUT2D eigenvalue weighted by Gasteiger charge is -2.60. The van der Waals surface area contributed by atoms with E-state index in [1.807, 2.05) is 6.08 Å². The number of aliphatic hydroxyl groups excluding tert-OH is 1. The molecule has 3 fully saturated rings. The van der Waals surface area contributed by atoms with Crippen molar-refractivity contribution in [2.45, 2.75) is 25.0 Å². The highest BCUT2D eigenvalue weighted by molar-refractivity contribution is 5.81. The number of aliphatic hydroxyl groups is 1. The molecule has 0 unspecified atom stereocenters. The molecule has 3 aliphatic rings. The number of quaternary nitrogens is 1. The fraction of sp³-hybridized carbons (Fsp3) is 0.450. The molecule has 1 N–H and O–H groups in total. The van der Waals surface area contributed by atoms with Gasteiger partial charge in [-0.25, -0.2) is 0 Å². The van der Waals surface area contributed by atoms with Gasteiger partial charge in [0.15, 0.2) is 6.20 Å². The molecule has 3 saturated heterocycles. The molecule has 26 heavy (non-hydrogen) atoms. The van der Waals surface area contributed by atoms with E-state index in [1.54, 1.807) is 31.4 Å². The van der Waals surface area contributed by atoms with Gasteiger partial charge in [0, 0.05) is 36.5 Å². The number of nitrogens with zero attached hydrogens (tertiary/aromatic N) is 2. The van der Waals surface area contributed by atoms with E-state index >= 15 is 0 Å². The van der Waals surface area contributed by atoms with E-state index < -0.39 is 12.1 Å². The molecule has 1 aromatic carbocycles. The van der Waals surface area contributed by atoms with Crippen LogP contribution in [0.25, 0.3) is 10.9 Å². The zero-order chi connectivity index (χ0) is 18.5. The number of hydrogen-bond acceptors (Lipinski definition) is 4. The Labute approximate surface area is 152 Å². The summed E-state index contributed by atoms with van der Waals surface area (Å²) in [4.78, 5) is 0. The van der Waals surface area contributed by atoms with E-state index in [4.69, 9.17) is 4.74 Å². The average Bonchev–Trinajstić information content (AvgIpc) is 2.67. The van der Waals surface area contributed by atoms with Crippen LogP contribution in [0.3, 0.4) is 0 Å². The molecule has 2 aromatic rings. The Kier molecular flexibility index (Phi) is 4.14. The number of pyridine rings is 1. The molecule has 1 aromatic heterocycles. The van der Waals surface area contributed by atoms with E-state index in [0.717, 1.165) is 11.2 Å². The topological polar surface area (TPSA) is 79.5 Å². The quantitative estimate of drug-likeness (QED) is 0.395. The van der Waals surface area contributed by atoms with Crippen LogP contribution in [0.5, 0.6) is 5.75 Å². The fourth-order valence-corrected chi connectivity index (χ4v) is 4.79. The molecule has 3 aliphatic heterocycles. The van der Waals surface area contributed by atoms with Gasteiger partial charge in [-0.3, -0.25) is 0 Å². The molecule has 0 spiro atoms. The summed E-state index contributed by atoms with van der Waals surface area (Å²) < 4.78 is 5.66. The predicted molar refractivity (Wildman–Crippen MR) is 98.0 cm³/mol. The molecule has 2 bridgehead atoms. The van der Waals surface area contributed by atoms with Gasteiger partial charge in [0.2, 0.25) is 5.52 Å². The van der Waals surface area contributed by atoms with Crippen LogP contribution < -0.4 is 9.47 Å². The van der Waals surface area contributed by atoms with E-state index in [-0.39, 0.29) is 10.6 Å². The molecule has 6 heteroatoms. The molecule has 5 rings (SSSR count). The van der Waals surface area contributed by atoms with Gasteiger partial charge in [-0.15, -0.1) is 6.58 Å². The monoisotopic (exact) mass is 356 g/mol. The Hall–Kier alpha value is -2.15. The van der Waals surface area contributed by atoms with Crippen molar-refractivity contribution >= 4 is 10.9 Å². The van der Waals surface area contributed by atoms with Gasteiger partial charge in [0.05, 0.1) is 25.6 Å². The lowest BCUT2D eigenvalue weighted by molar-refractivity contribution is -0.929. The minimum atomic E-state index is -0.920. The number of piperidine rings is 3. The van der Waals surface area contributed by atoms with Crippen molar-refractivity contribution in [1.82, 2.24) is 0 Å². The summed E-state index contributed by atoms with van der Waals surface area (Å²) in [5.41, 5.74) is 1.08. The predicted octanol–water partition coefficient (Wildman–Crippen LogP) is 2.42. The van der Waals surface area contributed by atoms with Crippen LogP contribution in [0.2, 0.25) is 0 Å². The number of benzene rings is 1. The highest BCUT2D eigenvalue weighted by Gasteiger charge is 2.49. The zero-order valence-corrected chi connectivity index (χ0v) is 14.9. The number of methoxy groups -OCH3 is 1. The van der Waals surface area contributed by atoms with Crippen LogP contribution in [0.4, 0.5) is 0 Å². The summed E-state index contributed by atoms with van der Waals surface area (Å²) in [6.45, 7) is 4.88. The molecule has 0 radical (unpaired) electrons. The third-order valence-electron chi connectivity index (χ3n) is 6.28. The summed E-state index contributed by atoms with van der Waals surface area (Å²) >= 11 is 0. The summed E-state index contributed by atoms with van der Waals surface area (Å²) in [5.74, 6) is 1.23. The van der Waals surface area contributed by atoms with Crippen LogP contribution in [0, 0.1) is 22.3 Å². The molecule has 0 amide bonds. The summed E-state index contributed by atoms with van der Waals surface area (Å²) in [7, 11) is 1.56. The number of ether oxygens (including phenoxy) is 1. The van der Waals surface area contributed by atoms with Crippen LogP contribution in [0.15, 0.2) is 43.1 Å². The van der Waals surface area contributed by atoms with Gasteiger partial charge in [0.1, 0.15) is 17.9 Å². The summed E-state index contributed by atoms with van der Waals surface area (Å²) in [6.07, 6.45) is 3.93. The van der Waals surface area contributed by atoms with Gasteiger partial charge in [0.25, 0.3) is 0 Å². The third-order valence-corrected chi connectivity index (χ3v) is 6.28. The number of rotatable bonds is 4. The second-order valence-corrected chi connectivity index (χ2v) is 7.53. The second-order valence-electron chi connectivity index (χ2n) is 7.53. The molecule has 0 saturated carbocycles. The van der Waals surface area contributed by atoms with Gasteiger partial charge in [-0.05, 0) is 18.1 Å². The van der Waals surface area contributed by atoms with Crippen LogP contribution in [0.1, 0.15) is 24.5 Å².